The topological polar surface area (TPSA) is 472 Å². The summed E-state index contributed by atoms with van der Waals surface area (Å²) >= 11 is 7.44. The number of nitrogens with zero attached hydrogens (tertiary/aromatic N) is 21. The third-order valence-electron chi connectivity index (χ3n) is 20.3. The number of ether oxygens (including phenoxy) is 1. The van der Waals surface area contributed by atoms with E-state index < -0.39 is 11.3 Å². The van der Waals surface area contributed by atoms with Crippen LogP contribution in [0, 0.1) is 22.7 Å². The van der Waals surface area contributed by atoms with Crippen molar-refractivity contribution in [3.8, 4) is 69.7 Å². The molecule has 0 aliphatic carbocycles. The highest BCUT2D eigenvalue weighted by molar-refractivity contribution is 7.18. The zero-order valence-electron chi connectivity index (χ0n) is 72.2. The summed E-state index contributed by atoms with van der Waals surface area (Å²) < 4.78 is 7.26. The van der Waals surface area contributed by atoms with Crippen molar-refractivity contribution in [1.29, 1.82) is 10.5 Å². The average molecular weight is 1890 g/mol. The number of carbonyl (C=O) groups is 5. The number of nitrogens with one attached hydrogen (secondary N) is 6. The van der Waals surface area contributed by atoms with Crippen molar-refractivity contribution in [2.24, 2.45) is 0 Å². The van der Waals surface area contributed by atoms with E-state index in [0.29, 0.717) is 129 Å². The Kier molecular flexibility index (Phi) is 30.0. The van der Waals surface area contributed by atoms with E-state index in [-0.39, 0.29) is 48.3 Å². The van der Waals surface area contributed by atoms with Crippen molar-refractivity contribution in [2.75, 3.05) is 33.2 Å². The Hall–Kier alpha value is -17.1. The van der Waals surface area contributed by atoms with Gasteiger partial charge >= 0.3 is 0 Å². The number of amides is 5. The van der Waals surface area contributed by atoms with Crippen LogP contribution in [0.5, 0.6) is 0 Å². The van der Waals surface area contributed by atoms with Gasteiger partial charge in [0.1, 0.15) is 94.6 Å². The van der Waals surface area contributed by atoms with Gasteiger partial charge in [0.25, 0.3) is 5.91 Å². The lowest BCUT2D eigenvalue weighted by Crippen LogP contribution is -2.35. The highest BCUT2D eigenvalue weighted by Crippen LogP contribution is 2.36. The predicted octanol–water partition coefficient (Wildman–Crippen LogP) is 17.6. The van der Waals surface area contributed by atoms with Gasteiger partial charge in [-0.25, -0.2) is 64.8 Å². The van der Waals surface area contributed by atoms with Crippen LogP contribution in [0.1, 0.15) is 72.9 Å². The summed E-state index contributed by atoms with van der Waals surface area (Å²) in [4.78, 5) is 159. The molecule has 0 fully saturated rings. The minimum absolute atomic E-state index is 0.105. The average Bonchev–Trinajstić information content (AvgIpc) is 1.70. The maximum Gasteiger partial charge on any atom is 0.251 e. The summed E-state index contributed by atoms with van der Waals surface area (Å²) in [6, 6.07) is 58.5. The van der Waals surface area contributed by atoms with Crippen molar-refractivity contribution < 1.29 is 28.7 Å². The lowest BCUT2D eigenvalue weighted by Gasteiger charge is -2.24. The molecule has 18 aromatic heterocycles. The molecule has 20 aromatic rings. The number of rotatable bonds is 24. The molecule has 0 radical (unpaired) electrons. The first-order valence-corrected chi connectivity index (χ1v) is 46.1. The van der Waals surface area contributed by atoms with Gasteiger partial charge in [-0.05, 0) is 198 Å². The molecule has 136 heavy (non-hydrogen) atoms. The number of fused-ring (bicyclic) bond motifs is 5. The maximum absolute atomic E-state index is 13.2. The molecule has 670 valence electrons. The number of imidazole rings is 1. The van der Waals surface area contributed by atoms with Crippen LogP contribution < -0.4 is 32.1 Å². The second kappa shape index (κ2) is 44.2. The summed E-state index contributed by atoms with van der Waals surface area (Å²) in [6.45, 7) is 6.07. The molecule has 0 spiro atoms. The van der Waals surface area contributed by atoms with Gasteiger partial charge in [0.15, 0.2) is 29.1 Å². The van der Waals surface area contributed by atoms with Crippen molar-refractivity contribution in [3.05, 3.63) is 327 Å². The highest BCUT2D eigenvalue weighted by Gasteiger charge is 2.32. The summed E-state index contributed by atoms with van der Waals surface area (Å²) in [5.74, 6) is 3.40. The first-order chi connectivity index (χ1) is 66.4. The standard InChI is InChI=1S/C22H17N5OS.C21H15N5OS.C19H15N5O3S.C18H14N6OS.C17H14N6OS/c1-22(2,15-8-6-14(13-23)7-9-15)21(28)27-18-16-10-12-29-20(16)26-19(25-18)17-5-3-4-11-24-17;1-13(15-7-5-14(12-22)6-8-15)20(27)25-18-16-9-11-28-21(16)26-19(24-18)17-4-2-3-10-23-17;25-15-9-12(4-7-21-15)10-27-11-16(26)22-17-13-5-8-28-19(13)24-18(23-17)14-3-1-2-6-20-14;25-15(5-4-12-9-19-11-20-10-12)22-16-13-6-8-26-18(13)24-17(23-16)14-3-1-2-7-21-14;24-14(4-8-23-9-7-18-11-23)20-15-12-5-10-25-17(12)22-16(21-15)13-3-1-2-6-19-13/h3-12H,1-2H3,(H,25,26,27,28);2-11,13H,1H3,(H,24,25,26,27);1-9H,10-11H2,(H,21,25)(H,22,23,24,26);1-3,6-11H,4-5H2,(H,22,23,24,25);1-3,5-7,9-11H,4,8H2,(H,20,21,22,24). The van der Waals surface area contributed by atoms with E-state index in [2.05, 4.69) is 133 Å². The molecule has 0 saturated carbocycles. The molecule has 34 nitrogen and oxygen atoms in total. The fraction of sp³-hybridized carbons (Fsp3) is 0.113. The van der Waals surface area contributed by atoms with Gasteiger partial charge in [-0.2, -0.15) is 10.5 Å². The van der Waals surface area contributed by atoms with E-state index in [1.54, 1.807) is 110 Å². The van der Waals surface area contributed by atoms with E-state index >= 15 is 0 Å². The highest BCUT2D eigenvalue weighted by atomic mass is 32.1. The third-order valence-corrected chi connectivity index (χ3v) is 24.4. The van der Waals surface area contributed by atoms with Gasteiger partial charge in [0.2, 0.25) is 29.2 Å². The van der Waals surface area contributed by atoms with Crippen LogP contribution in [0.3, 0.4) is 0 Å². The number of anilines is 5. The number of thiophene rings is 5. The number of benzene rings is 2. The van der Waals surface area contributed by atoms with E-state index in [1.165, 1.54) is 75.3 Å². The zero-order chi connectivity index (χ0) is 94.1. The van der Waals surface area contributed by atoms with Crippen LogP contribution in [-0.4, -0.2) is 135 Å². The molecule has 6 N–H and O–H groups in total. The molecule has 18 heterocycles. The number of aryl methyl sites for hydroxylation is 2. The SMILES string of the molecule is CC(C(=O)Nc1nc(-c2ccccn2)nc2sccc12)c1ccc(C#N)cc1.CC(C)(C(=O)Nc1nc(-c2ccccn2)nc2sccc12)c1ccc(C#N)cc1.O=C(CCc1cncnc1)Nc1nc(-c2ccccn2)nc2sccc12.O=C(CCn1ccnc1)Nc1nc(-c2ccccn2)nc2sccc12.O=C(COCc1cc[nH]c(=O)c1)Nc1nc(-c2ccccn2)nc2sccc12. The second-order valence-corrected chi connectivity index (χ2v) is 34.4. The number of carbonyl (C=O) groups excluding carboxylic acids is 5. The molecule has 0 aliphatic rings. The van der Waals surface area contributed by atoms with Crippen LogP contribution in [0.15, 0.2) is 288 Å². The van der Waals surface area contributed by atoms with Crippen LogP contribution in [0.2, 0.25) is 0 Å². The summed E-state index contributed by atoms with van der Waals surface area (Å²) in [5.41, 5.74) is 6.60. The first kappa shape index (κ1) is 92.2. The quantitative estimate of drug-likeness (QED) is 0.0327. The zero-order valence-corrected chi connectivity index (χ0v) is 76.3. The Labute approximate surface area is 794 Å². The minimum atomic E-state index is -0.813. The second-order valence-electron chi connectivity index (χ2n) is 30.0. The Morgan fingerprint density at radius 2 is 0.831 bits per heavy atom. The Morgan fingerprint density at radius 3 is 1.21 bits per heavy atom. The molecule has 1 atom stereocenters. The largest absolute Gasteiger partial charge is 0.367 e. The van der Waals surface area contributed by atoms with Gasteiger partial charge in [0.05, 0.1) is 74.5 Å². The Morgan fingerprint density at radius 1 is 0.441 bits per heavy atom. The summed E-state index contributed by atoms with van der Waals surface area (Å²) in [7, 11) is 0. The van der Waals surface area contributed by atoms with E-state index in [0.717, 1.165) is 67.8 Å². The number of hydrogen-bond donors (Lipinski definition) is 6. The Balaban J connectivity index is 0.000000123. The van der Waals surface area contributed by atoms with Crippen molar-refractivity contribution in [2.45, 2.75) is 64.5 Å². The predicted molar refractivity (Wildman–Crippen MR) is 524 cm³/mol. The van der Waals surface area contributed by atoms with Crippen molar-refractivity contribution in [3.63, 3.8) is 0 Å². The molecule has 20 rings (SSSR count). The van der Waals surface area contributed by atoms with Crippen LogP contribution in [0.25, 0.3) is 109 Å². The number of aromatic amines is 1. The first-order valence-electron chi connectivity index (χ1n) is 41.7. The molecule has 39 heteroatoms. The normalized spacial score (nSPS) is 11.1. The molecule has 0 saturated heterocycles. The van der Waals surface area contributed by atoms with Gasteiger partial charge in [-0.3, -0.25) is 53.7 Å². The number of nitriles is 2. The molecular weight excluding hydrogens is 1820 g/mol. The maximum atomic E-state index is 13.2. The minimum Gasteiger partial charge on any atom is -0.367 e. The molecule has 1 unspecified atom stereocenters. The summed E-state index contributed by atoms with van der Waals surface area (Å²) in [6.07, 6.45) is 21.3. The summed E-state index contributed by atoms with van der Waals surface area (Å²) in [5, 5.41) is 46.0. The number of pyridine rings is 6. The van der Waals surface area contributed by atoms with Crippen LogP contribution in [0.4, 0.5) is 29.1 Å². The monoisotopic (exact) mass is 1890 g/mol. The molecule has 0 aliphatic heterocycles. The molecule has 5 amide bonds. The number of aromatic nitrogens is 20. The van der Waals surface area contributed by atoms with Crippen molar-refractivity contribution in [1.82, 2.24) is 99.3 Å². The van der Waals surface area contributed by atoms with Gasteiger partial charge in [-0.15, -0.1) is 56.7 Å². The van der Waals surface area contributed by atoms with Crippen molar-refractivity contribution >= 4 is 166 Å². The number of hydrogen-bond acceptors (Lipinski definition) is 32. The van der Waals surface area contributed by atoms with Gasteiger partial charge < -0.3 is 40.9 Å². The van der Waals surface area contributed by atoms with Gasteiger partial charge in [-0.1, -0.05) is 54.6 Å². The van der Waals surface area contributed by atoms with E-state index in [4.69, 9.17) is 15.3 Å². The van der Waals surface area contributed by atoms with Gasteiger partial charge in [0, 0.05) is 87.4 Å². The number of H-pyrrole nitrogens is 1. The Bertz CT molecular complexity index is 7720. The third kappa shape index (κ3) is 23.6. The molecule has 0 bridgehead atoms. The fourth-order valence-corrected chi connectivity index (χ4v) is 17.0. The molecular formula is C97H75N27O7S5. The van der Waals surface area contributed by atoms with E-state index in [1.807, 2.05) is 180 Å². The van der Waals surface area contributed by atoms with E-state index in [9.17, 15) is 28.8 Å². The molecule has 2 aromatic carbocycles. The fourth-order valence-electron chi connectivity index (χ4n) is 13.1. The smallest absolute Gasteiger partial charge is 0.251 e. The lowest BCUT2D eigenvalue weighted by molar-refractivity contribution is -0.121. The lowest BCUT2D eigenvalue weighted by atomic mass is 9.83. The van der Waals surface area contributed by atoms with Crippen LogP contribution >= 0.6 is 56.7 Å². The van der Waals surface area contributed by atoms with Crippen LogP contribution in [-0.2, 0) is 53.7 Å².